The summed E-state index contributed by atoms with van der Waals surface area (Å²) in [7, 11) is 2.93. The first kappa shape index (κ1) is 50.8. The van der Waals surface area contributed by atoms with E-state index in [1.165, 1.54) is 54.4 Å². The minimum Gasteiger partial charge on any atom is -0.479 e. The third-order valence-electron chi connectivity index (χ3n) is 10.0. The van der Waals surface area contributed by atoms with E-state index < -0.39 is 58.3 Å². The van der Waals surface area contributed by atoms with Crippen molar-refractivity contribution in [3.8, 4) is 45.9 Å². The minimum absolute atomic E-state index is 0.0200. The molecule has 0 saturated carbocycles. The van der Waals surface area contributed by atoms with E-state index in [1.54, 1.807) is 57.2 Å². The van der Waals surface area contributed by atoms with Crippen LogP contribution in [-0.4, -0.2) is 54.1 Å². The molecule has 0 aliphatic heterocycles. The van der Waals surface area contributed by atoms with Gasteiger partial charge in [0.15, 0.2) is 35.2 Å². The number of ether oxygens (including phenoxy) is 5. The fraction of sp³-hybridized carbons (Fsp3) is 0.277. The number of esters is 1. The van der Waals surface area contributed by atoms with Crippen LogP contribution in [0.5, 0.6) is 34.5 Å². The molecular weight excluding hydrogens is 921 g/mol. The smallest absolute Gasteiger partial charge is 0.347 e. The number of carboxylic acid groups (broad SMARTS) is 1. The van der Waals surface area contributed by atoms with Crippen LogP contribution in [0.2, 0.25) is 10.0 Å². The van der Waals surface area contributed by atoms with Crippen molar-refractivity contribution in [1.82, 2.24) is 18.3 Å². The minimum atomic E-state index is -1.17. The number of carbonyl (C=O) groups excluding carboxylic acids is 1. The molecule has 2 aromatic heterocycles. The van der Waals surface area contributed by atoms with Crippen LogP contribution in [-0.2, 0) is 28.4 Å². The van der Waals surface area contributed by atoms with Gasteiger partial charge in [-0.05, 0) is 70.5 Å². The average molecular weight is 968 g/mol. The Hall–Kier alpha value is -7.18. The van der Waals surface area contributed by atoms with Crippen molar-refractivity contribution in [2.75, 3.05) is 6.61 Å². The topological polar surface area (TPSA) is 189 Å². The molecule has 0 spiro atoms. The molecule has 0 radical (unpaired) electrons. The van der Waals surface area contributed by atoms with Gasteiger partial charge in [-0.25, -0.2) is 37.1 Å². The number of aryl methyl sites for hydroxylation is 2. The van der Waals surface area contributed by atoms with Gasteiger partial charge in [-0.1, -0.05) is 67.2 Å². The number of carboxylic acids is 1. The molecule has 2 heterocycles. The number of aromatic nitrogens is 4. The molecule has 0 aliphatic carbocycles. The highest BCUT2D eigenvalue weighted by molar-refractivity contribution is 6.32. The zero-order valence-corrected chi connectivity index (χ0v) is 38.8. The lowest BCUT2D eigenvalue weighted by Gasteiger charge is -2.18. The number of halogens is 4. The molecule has 0 fully saturated rings. The molecule has 67 heavy (non-hydrogen) atoms. The molecular formula is C47H46Cl2F2N4O12. The predicted molar refractivity (Wildman–Crippen MR) is 245 cm³/mol. The lowest BCUT2D eigenvalue weighted by molar-refractivity contribution is -0.151. The first-order chi connectivity index (χ1) is 31.7. The van der Waals surface area contributed by atoms with Crippen molar-refractivity contribution in [1.29, 1.82) is 0 Å². The lowest BCUT2D eigenvalue weighted by atomic mass is 10.2. The molecule has 0 aliphatic rings. The van der Waals surface area contributed by atoms with Crippen LogP contribution >= 0.6 is 23.2 Å². The molecule has 2 unspecified atom stereocenters. The second-order valence-corrected chi connectivity index (χ2v) is 15.7. The van der Waals surface area contributed by atoms with Crippen LogP contribution in [0.25, 0.3) is 11.4 Å². The molecule has 4 aromatic carbocycles. The predicted octanol–water partition coefficient (Wildman–Crippen LogP) is 8.21. The summed E-state index contributed by atoms with van der Waals surface area (Å²) >= 11 is 12.3. The number of unbranched alkanes of at least 4 members (excludes halogenated alkanes) is 2. The third kappa shape index (κ3) is 12.2. The average Bonchev–Trinajstić information content (AvgIpc) is 3.27. The van der Waals surface area contributed by atoms with E-state index in [2.05, 4.69) is 6.92 Å². The Balaban J connectivity index is 0.000000254. The maximum Gasteiger partial charge on any atom is 0.347 e. The van der Waals surface area contributed by atoms with E-state index in [0.717, 1.165) is 43.5 Å². The number of hydrogen-bond acceptors (Lipinski definition) is 11. The van der Waals surface area contributed by atoms with Gasteiger partial charge in [-0.2, -0.15) is 0 Å². The Kier molecular flexibility index (Phi) is 16.9. The number of hydrogen-bond donors (Lipinski definition) is 1. The Morgan fingerprint density at radius 1 is 0.627 bits per heavy atom. The maximum atomic E-state index is 14.8. The molecule has 16 nitrogen and oxygen atoms in total. The van der Waals surface area contributed by atoms with Gasteiger partial charge in [0.1, 0.15) is 23.1 Å². The first-order valence-corrected chi connectivity index (χ1v) is 21.3. The highest BCUT2D eigenvalue weighted by Crippen LogP contribution is 2.39. The molecule has 20 heteroatoms. The van der Waals surface area contributed by atoms with Crippen molar-refractivity contribution < 1.29 is 47.2 Å². The fourth-order valence-corrected chi connectivity index (χ4v) is 6.45. The molecule has 1 N–H and O–H groups in total. The SMILES string of the molecule is CCCCCOC(=O)C(C)Oc1ccccc1Oc1cc(-n2c(=O)cc(C)n(C)c2=O)c(F)cc1Cl.Cc1cc(=O)n(-c2cc(Oc3ccccc3OC(C)C(=O)O)c(Cl)cc2F)c(=O)n1C. The summed E-state index contributed by atoms with van der Waals surface area (Å²) < 4.78 is 61.2. The van der Waals surface area contributed by atoms with Crippen LogP contribution in [0.1, 0.15) is 51.4 Å². The van der Waals surface area contributed by atoms with Crippen molar-refractivity contribution >= 4 is 35.1 Å². The monoisotopic (exact) mass is 966 g/mol. The third-order valence-corrected chi connectivity index (χ3v) is 10.6. The van der Waals surface area contributed by atoms with Gasteiger partial charge in [-0.3, -0.25) is 9.59 Å². The summed E-state index contributed by atoms with van der Waals surface area (Å²) in [6.07, 6.45) is 0.672. The van der Waals surface area contributed by atoms with Crippen molar-refractivity contribution in [3.05, 3.63) is 160 Å². The van der Waals surface area contributed by atoms with Gasteiger partial charge in [0.2, 0.25) is 0 Å². The molecule has 0 saturated heterocycles. The van der Waals surface area contributed by atoms with Gasteiger partial charge >= 0.3 is 23.3 Å². The Morgan fingerprint density at radius 3 is 1.43 bits per heavy atom. The van der Waals surface area contributed by atoms with Crippen LogP contribution in [0.3, 0.4) is 0 Å². The van der Waals surface area contributed by atoms with E-state index in [0.29, 0.717) is 27.1 Å². The van der Waals surface area contributed by atoms with E-state index in [1.807, 2.05) is 0 Å². The number of nitrogens with zero attached hydrogens (tertiary/aromatic N) is 4. The Bertz CT molecular complexity index is 3060. The molecule has 0 bridgehead atoms. The van der Waals surface area contributed by atoms with Crippen LogP contribution < -0.4 is 41.4 Å². The Morgan fingerprint density at radius 2 is 1.03 bits per heavy atom. The zero-order valence-electron chi connectivity index (χ0n) is 37.3. The highest BCUT2D eigenvalue weighted by Gasteiger charge is 2.23. The Labute approximate surface area is 391 Å². The van der Waals surface area contributed by atoms with Crippen molar-refractivity contribution in [2.45, 2.75) is 66.1 Å². The fourth-order valence-electron chi connectivity index (χ4n) is 6.07. The van der Waals surface area contributed by atoms with Crippen LogP contribution in [0.15, 0.2) is 104 Å². The standard InChI is InChI=1S/C26H28ClFN2O6.C21H18ClFN2O6/c1-5-6-9-12-34-25(32)17(3)35-21-10-7-8-11-22(21)36-23-15-20(19(28)14-18(23)27)30-24(31)13-16(2)29(4)26(30)33;1-11-8-19(26)25(21(29)24(11)3)15-10-18(13(22)9-14(15)23)31-17-7-5-4-6-16(17)30-12(2)20(27)28/h7-8,10-11,13-15,17H,5-6,9,12H2,1-4H3;4-10,12H,1-3H3,(H,27,28). The van der Waals surface area contributed by atoms with Crippen molar-refractivity contribution in [2.24, 2.45) is 14.1 Å². The van der Waals surface area contributed by atoms with Gasteiger partial charge < -0.3 is 37.9 Å². The number of carbonyl (C=O) groups is 2. The summed E-state index contributed by atoms with van der Waals surface area (Å²) in [4.78, 5) is 73.5. The van der Waals surface area contributed by atoms with Crippen LogP contribution in [0, 0.1) is 25.5 Å². The zero-order chi connectivity index (χ0) is 49.3. The summed E-state index contributed by atoms with van der Waals surface area (Å²) in [5.74, 6) is -2.91. The molecule has 0 amide bonds. The van der Waals surface area contributed by atoms with Crippen molar-refractivity contribution in [3.63, 3.8) is 0 Å². The van der Waals surface area contributed by atoms with Gasteiger partial charge in [0.05, 0.1) is 28.0 Å². The number of rotatable bonds is 16. The molecule has 354 valence electrons. The number of para-hydroxylation sites is 4. The summed E-state index contributed by atoms with van der Waals surface area (Å²) in [5, 5.41) is 8.85. The summed E-state index contributed by atoms with van der Waals surface area (Å²) in [6, 6.07) is 19.3. The van der Waals surface area contributed by atoms with Gasteiger partial charge in [-0.15, -0.1) is 0 Å². The van der Waals surface area contributed by atoms with E-state index in [4.69, 9.17) is 52.0 Å². The summed E-state index contributed by atoms with van der Waals surface area (Å²) in [6.45, 7) is 8.45. The van der Waals surface area contributed by atoms with E-state index >= 15 is 0 Å². The summed E-state index contributed by atoms with van der Waals surface area (Å²) in [5.41, 5.74) is -2.69. The molecule has 6 aromatic rings. The maximum absolute atomic E-state index is 14.8. The largest absolute Gasteiger partial charge is 0.479 e. The first-order valence-electron chi connectivity index (χ1n) is 20.6. The quantitative estimate of drug-likeness (QED) is 0.0724. The number of aliphatic carboxylic acids is 1. The molecule has 2 atom stereocenters. The highest BCUT2D eigenvalue weighted by atomic mass is 35.5. The normalized spacial score (nSPS) is 11.7. The van der Waals surface area contributed by atoms with Crippen LogP contribution in [0.4, 0.5) is 8.78 Å². The second kappa shape index (κ2) is 22.3. The van der Waals surface area contributed by atoms with Gasteiger partial charge in [0, 0.05) is 49.7 Å². The van der Waals surface area contributed by atoms with E-state index in [9.17, 15) is 37.5 Å². The van der Waals surface area contributed by atoms with Gasteiger partial charge in [0.25, 0.3) is 11.1 Å². The number of benzene rings is 4. The molecule has 6 rings (SSSR count). The lowest BCUT2D eigenvalue weighted by Crippen LogP contribution is -2.38. The second-order valence-electron chi connectivity index (χ2n) is 14.9. The van der Waals surface area contributed by atoms with E-state index in [-0.39, 0.29) is 55.9 Å².